The van der Waals surface area contributed by atoms with Gasteiger partial charge in [-0.25, -0.2) is 4.52 Å². The third-order valence-corrected chi connectivity index (χ3v) is 4.05. The molecule has 0 aromatic carbocycles. The molecule has 23 heavy (non-hydrogen) atoms. The number of hydrogen-bond acceptors (Lipinski definition) is 6. The fourth-order valence-corrected chi connectivity index (χ4v) is 3.10. The third-order valence-electron chi connectivity index (χ3n) is 4.05. The highest BCUT2D eigenvalue weighted by molar-refractivity contribution is 5.53. The second-order valence-corrected chi connectivity index (χ2v) is 6.01. The summed E-state index contributed by atoms with van der Waals surface area (Å²) >= 11 is 0. The number of aromatic nitrogens is 4. The van der Waals surface area contributed by atoms with Gasteiger partial charge in [0.2, 0.25) is 0 Å². The minimum atomic E-state index is -0.179. The maximum absolute atomic E-state index is 5.96. The van der Waals surface area contributed by atoms with Gasteiger partial charge in [0.1, 0.15) is 6.10 Å². The van der Waals surface area contributed by atoms with Gasteiger partial charge in [-0.15, -0.1) is 0 Å². The molecule has 3 aromatic rings. The highest BCUT2D eigenvalue weighted by Crippen LogP contribution is 2.25. The van der Waals surface area contributed by atoms with E-state index < -0.39 is 0 Å². The van der Waals surface area contributed by atoms with E-state index in [4.69, 9.17) is 9.26 Å². The van der Waals surface area contributed by atoms with Crippen molar-refractivity contribution in [1.29, 1.82) is 0 Å². The quantitative estimate of drug-likeness (QED) is 0.736. The highest BCUT2D eigenvalue weighted by atomic mass is 16.5. The Balaban J connectivity index is 1.54. The van der Waals surface area contributed by atoms with Crippen LogP contribution < -0.4 is 0 Å². The molecule has 7 nitrogen and oxygen atoms in total. The van der Waals surface area contributed by atoms with E-state index in [9.17, 15) is 0 Å². The summed E-state index contributed by atoms with van der Waals surface area (Å²) in [4.78, 5) is 6.65. The summed E-state index contributed by atoms with van der Waals surface area (Å²) in [7, 11) is 0. The molecule has 0 amide bonds. The maximum Gasteiger partial charge on any atom is 0.257 e. The number of aryl methyl sites for hydroxylation is 1. The van der Waals surface area contributed by atoms with Crippen LogP contribution in [-0.4, -0.2) is 43.8 Å². The van der Waals surface area contributed by atoms with Gasteiger partial charge < -0.3 is 9.26 Å². The van der Waals surface area contributed by atoms with E-state index in [-0.39, 0.29) is 12.2 Å². The molecule has 2 atom stereocenters. The summed E-state index contributed by atoms with van der Waals surface area (Å²) in [6.45, 7) is 6.31. The summed E-state index contributed by atoms with van der Waals surface area (Å²) < 4.78 is 13.1. The molecule has 1 fully saturated rings. The Labute approximate surface area is 133 Å². The van der Waals surface area contributed by atoms with Gasteiger partial charge in [-0.1, -0.05) is 11.2 Å². The molecule has 0 radical (unpaired) electrons. The third kappa shape index (κ3) is 2.85. The molecule has 3 aromatic heterocycles. The van der Waals surface area contributed by atoms with Crippen molar-refractivity contribution < 1.29 is 9.26 Å². The minimum Gasteiger partial charge on any atom is -0.363 e. The Kier molecular flexibility index (Phi) is 3.59. The number of ether oxygens (including phenoxy) is 1. The van der Waals surface area contributed by atoms with Crippen molar-refractivity contribution in [2.75, 3.05) is 13.1 Å². The predicted octanol–water partition coefficient (Wildman–Crippen LogP) is 1.99. The molecule has 0 bridgehead atoms. The minimum absolute atomic E-state index is 0.114. The van der Waals surface area contributed by atoms with Crippen LogP contribution in [0.5, 0.6) is 0 Å². The van der Waals surface area contributed by atoms with Crippen molar-refractivity contribution in [2.24, 2.45) is 0 Å². The lowest BCUT2D eigenvalue weighted by Gasteiger charge is -2.35. The van der Waals surface area contributed by atoms with Crippen molar-refractivity contribution in [1.82, 2.24) is 24.7 Å². The van der Waals surface area contributed by atoms with E-state index in [0.29, 0.717) is 11.7 Å². The van der Waals surface area contributed by atoms with Gasteiger partial charge in [0, 0.05) is 31.4 Å². The fraction of sp³-hybridized carbons (Fsp3) is 0.438. The van der Waals surface area contributed by atoms with Crippen LogP contribution in [0.1, 0.15) is 30.3 Å². The smallest absolute Gasteiger partial charge is 0.257 e. The molecule has 0 unspecified atom stereocenters. The molecule has 0 N–H and O–H groups in total. The molecule has 0 saturated carbocycles. The largest absolute Gasteiger partial charge is 0.363 e. The van der Waals surface area contributed by atoms with E-state index in [1.165, 1.54) is 5.56 Å². The normalized spacial score (nSPS) is 22.7. The SMILES string of the molecule is Cc1noc([C@H]2CN(Cc3cnn4ccccc34)C[C@@H](C)O2)n1. The number of nitrogens with zero attached hydrogens (tertiary/aromatic N) is 5. The van der Waals surface area contributed by atoms with Crippen molar-refractivity contribution in [3.8, 4) is 0 Å². The van der Waals surface area contributed by atoms with Gasteiger partial charge >= 0.3 is 0 Å². The number of fused-ring (bicyclic) bond motifs is 1. The Bertz CT molecular complexity index is 812. The monoisotopic (exact) mass is 313 g/mol. The topological polar surface area (TPSA) is 68.7 Å². The average molecular weight is 313 g/mol. The summed E-state index contributed by atoms with van der Waals surface area (Å²) in [6.07, 6.45) is 3.83. The number of pyridine rings is 1. The summed E-state index contributed by atoms with van der Waals surface area (Å²) in [5.41, 5.74) is 2.34. The Hall–Kier alpha value is -2.25. The second kappa shape index (κ2) is 5.75. The molecular weight excluding hydrogens is 294 g/mol. The maximum atomic E-state index is 5.96. The molecule has 7 heteroatoms. The Morgan fingerprint density at radius 2 is 2.22 bits per heavy atom. The molecule has 4 heterocycles. The molecule has 0 aliphatic carbocycles. The van der Waals surface area contributed by atoms with Crippen molar-refractivity contribution in [2.45, 2.75) is 32.6 Å². The van der Waals surface area contributed by atoms with Crippen LogP contribution in [0.25, 0.3) is 5.52 Å². The van der Waals surface area contributed by atoms with E-state index >= 15 is 0 Å². The molecule has 1 aliphatic heterocycles. The Morgan fingerprint density at radius 1 is 1.30 bits per heavy atom. The van der Waals surface area contributed by atoms with Gasteiger partial charge in [-0.2, -0.15) is 10.1 Å². The predicted molar refractivity (Wildman–Crippen MR) is 82.8 cm³/mol. The zero-order chi connectivity index (χ0) is 15.8. The van der Waals surface area contributed by atoms with E-state index in [1.807, 2.05) is 36.0 Å². The summed E-state index contributed by atoms with van der Waals surface area (Å²) in [5.74, 6) is 1.19. The van der Waals surface area contributed by atoms with Crippen LogP contribution in [0.4, 0.5) is 0 Å². The van der Waals surface area contributed by atoms with Crippen LogP contribution in [0.3, 0.4) is 0 Å². The first kappa shape index (κ1) is 14.3. The van der Waals surface area contributed by atoms with Crippen LogP contribution in [0, 0.1) is 6.92 Å². The van der Waals surface area contributed by atoms with E-state index in [0.717, 1.165) is 25.2 Å². The van der Waals surface area contributed by atoms with Crippen LogP contribution in [-0.2, 0) is 11.3 Å². The lowest BCUT2D eigenvalue weighted by atomic mass is 10.1. The number of rotatable bonds is 3. The number of hydrogen-bond donors (Lipinski definition) is 0. The first-order valence-corrected chi connectivity index (χ1v) is 7.78. The van der Waals surface area contributed by atoms with Gasteiger partial charge in [0.25, 0.3) is 5.89 Å². The van der Waals surface area contributed by atoms with Crippen molar-refractivity contribution >= 4 is 5.52 Å². The second-order valence-electron chi connectivity index (χ2n) is 6.01. The average Bonchev–Trinajstić information content (AvgIpc) is 3.14. The van der Waals surface area contributed by atoms with Gasteiger partial charge in [0.15, 0.2) is 5.82 Å². The number of morpholine rings is 1. The van der Waals surface area contributed by atoms with Crippen LogP contribution in [0.2, 0.25) is 0 Å². The van der Waals surface area contributed by atoms with Crippen molar-refractivity contribution in [3.05, 3.63) is 47.9 Å². The van der Waals surface area contributed by atoms with Gasteiger partial charge in [-0.05, 0) is 26.0 Å². The molecular formula is C16H19N5O2. The lowest BCUT2D eigenvalue weighted by molar-refractivity contribution is -0.0929. The van der Waals surface area contributed by atoms with E-state index in [2.05, 4.69) is 33.1 Å². The summed E-state index contributed by atoms with van der Waals surface area (Å²) in [6, 6.07) is 6.10. The van der Waals surface area contributed by atoms with Gasteiger partial charge in [0.05, 0.1) is 17.8 Å². The molecule has 120 valence electrons. The molecule has 1 aliphatic rings. The highest BCUT2D eigenvalue weighted by Gasteiger charge is 2.30. The Morgan fingerprint density at radius 3 is 3.04 bits per heavy atom. The molecule has 1 saturated heterocycles. The first-order valence-electron chi connectivity index (χ1n) is 7.78. The standard InChI is InChI=1S/C16H19N5O2/c1-11-8-20(10-15(22-11)16-18-12(2)19-23-16)9-13-7-17-21-6-4-3-5-14(13)21/h3-7,11,15H,8-10H2,1-2H3/t11-,15-/m1/s1. The molecule has 4 rings (SSSR count). The van der Waals surface area contributed by atoms with Crippen molar-refractivity contribution in [3.63, 3.8) is 0 Å². The fourth-order valence-electron chi connectivity index (χ4n) is 3.10. The van der Waals surface area contributed by atoms with Crippen LogP contribution >= 0.6 is 0 Å². The summed E-state index contributed by atoms with van der Waals surface area (Å²) in [5, 5.41) is 8.26. The zero-order valence-electron chi connectivity index (χ0n) is 13.2. The first-order chi connectivity index (χ1) is 11.2. The molecule has 0 spiro atoms. The zero-order valence-corrected chi connectivity index (χ0v) is 13.2. The lowest BCUT2D eigenvalue weighted by Crippen LogP contribution is -2.42. The van der Waals surface area contributed by atoms with Gasteiger partial charge in [-0.3, -0.25) is 4.90 Å². The van der Waals surface area contributed by atoms with Crippen LogP contribution in [0.15, 0.2) is 35.1 Å². The van der Waals surface area contributed by atoms with E-state index in [1.54, 1.807) is 0 Å².